The largest absolute Gasteiger partial charge is 0.478 e. The molecule has 1 unspecified atom stereocenters. The Balaban J connectivity index is 4.35. The van der Waals surface area contributed by atoms with E-state index in [0.717, 1.165) is 6.42 Å². The van der Waals surface area contributed by atoms with Crippen LogP contribution in [0.5, 0.6) is 0 Å². The van der Waals surface area contributed by atoms with Gasteiger partial charge in [0, 0.05) is 11.7 Å². The van der Waals surface area contributed by atoms with Gasteiger partial charge in [-0.15, -0.1) is 0 Å². The van der Waals surface area contributed by atoms with Crippen LogP contribution in [0, 0.1) is 0 Å². The van der Waals surface area contributed by atoms with Gasteiger partial charge in [0.1, 0.15) is 0 Å². The van der Waals surface area contributed by atoms with Gasteiger partial charge >= 0.3 is 5.97 Å². The van der Waals surface area contributed by atoms with Crippen molar-refractivity contribution in [2.24, 2.45) is 0 Å². The van der Waals surface area contributed by atoms with E-state index < -0.39 is 14.3 Å². The average Bonchev–Trinajstić information content (AvgIpc) is 2.21. The zero-order chi connectivity index (χ0) is 15.3. The maximum atomic E-state index is 10.6. The molecule has 3 nitrogen and oxygen atoms in total. The number of rotatable bonds is 6. The van der Waals surface area contributed by atoms with Crippen LogP contribution < -0.4 is 0 Å². The van der Waals surface area contributed by atoms with E-state index in [9.17, 15) is 4.79 Å². The highest BCUT2D eigenvalue weighted by atomic mass is 28.4. The number of hydrogen-bond donors (Lipinski definition) is 1. The highest BCUT2D eigenvalue weighted by Gasteiger charge is 2.38. The van der Waals surface area contributed by atoms with Gasteiger partial charge in [0.25, 0.3) is 0 Å². The predicted molar refractivity (Wildman–Crippen MR) is 82.9 cm³/mol. The highest BCUT2D eigenvalue weighted by Crippen LogP contribution is 2.37. The van der Waals surface area contributed by atoms with Gasteiger partial charge in [0.15, 0.2) is 8.32 Å². The lowest BCUT2D eigenvalue weighted by molar-refractivity contribution is -0.132. The number of carbonyl (C=O) groups is 1. The minimum Gasteiger partial charge on any atom is -0.478 e. The summed E-state index contributed by atoms with van der Waals surface area (Å²) in [4.78, 5) is 10.6. The van der Waals surface area contributed by atoms with Gasteiger partial charge in [-0.2, -0.15) is 0 Å². The van der Waals surface area contributed by atoms with Gasteiger partial charge in [-0.1, -0.05) is 39.0 Å². The molecule has 1 N–H and O–H groups in total. The van der Waals surface area contributed by atoms with Gasteiger partial charge in [0.2, 0.25) is 0 Å². The minimum atomic E-state index is -1.71. The van der Waals surface area contributed by atoms with E-state index in [1.54, 1.807) is 19.1 Å². The second kappa shape index (κ2) is 7.06. The molecule has 0 aliphatic carbocycles. The van der Waals surface area contributed by atoms with E-state index in [0.29, 0.717) is 5.57 Å². The lowest BCUT2D eigenvalue weighted by Gasteiger charge is -2.38. The van der Waals surface area contributed by atoms with Gasteiger partial charge in [0.05, 0.1) is 0 Å². The Labute approximate surface area is 118 Å². The van der Waals surface area contributed by atoms with Crippen LogP contribution in [0.25, 0.3) is 0 Å². The number of allylic oxidation sites excluding steroid dienone is 2. The van der Waals surface area contributed by atoms with Gasteiger partial charge in [-0.05, 0) is 38.4 Å². The summed E-state index contributed by atoms with van der Waals surface area (Å²) in [5.74, 6) is -0.879. The molecule has 0 fully saturated rings. The van der Waals surface area contributed by atoms with Crippen LogP contribution in [0.15, 0.2) is 23.8 Å². The summed E-state index contributed by atoms with van der Waals surface area (Å²) in [7, 11) is -1.71. The van der Waals surface area contributed by atoms with Gasteiger partial charge in [-0.25, -0.2) is 4.79 Å². The lowest BCUT2D eigenvalue weighted by Crippen LogP contribution is -2.43. The fourth-order valence-corrected chi connectivity index (χ4v) is 2.74. The smallest absolute Gasteiger partial charge is 0.331 e. The van der Waals surface area contributed by atoms with E-state index >= 15 is 0 Å². The predicted octanol–water partition coefficient (Wildman–Crippen LogP) is 4.37. The first-order chi connectivity index (χ1) is 8.47. The van der Waals surface area contributed by atoms with Crippen molar-refractivity contribution in [3.05, 3.63) is 23.8 Å². The molecule has 0 aromatic carbocycles. The summed E-state index contributed by atoms with van der Waals surface area (Å²) in [5, 5.41) is 8.92. The first-order valence-corrected chi connectivity index (χ1v) is 9.62. The standard InChI is InChI=1S/C15H28O3Si/c1-12(14(16)17)10-8-9-11-13(2)18-19(6,7)15(3,4)5/h8-10,13H,11H2,1-7H3,(H,16,17). The Morgan fingerprint density at radius 1 is 1.37 bits per heavy atom. The molecular formula is C15H28O3Si. The first kappa shape index (κ1) is 18.1. The number of aliphatic carboxylic acids is 1. The second-order valence-electron chi connectivity index (χ2n) is 6.51. The van der Waals surface area contributed by atoms with E-state index in [1.165, 1.54) is 0 Å². The Kier molecular flexibility index (Phi) is 6.73. The van der Waals surface area contributed by atoms with E-state index in [1.807, 2.05) is 6.08 Å². The quantitative estimate of drug-likeness (QED) is 0.447. The number of carboxylic acid groups (broad SMARTS) is 1. The fourth-order valence-electron chi connectivity index (χ4n) is 1.28. The molecule has 0 radical (unpaired) electrons. The third-order valence-electron chi connectivity index (χ3n) is 3.59. The molecule has 0 aromatic rings. The molecule has 110 valence electrons. The number of hydrogen-bond acceptors (Lipinski definition) is 2. The van der Waals surface area contributed by atoms with Crippen LogP contribution in [0.1, 0.15) is 41.0 Å². The SMILES string of the molecule is CC(=CC=CCC(C)O[Si](C)(C)C(C)(C)C)C(=O)O. The van der Waals surface area contributed by atoms with Crippen LogP contribution in [-0.4, -0.2) is 25.5 Å². The van der Waals surface area contributed by atoms with Crippen LogP contribution in [0.2, 0.25) is 18.1 Å². The molecule has 4 heteroatoms. The van der Waals surface area contributed by atoms with Crippen LogP contribution in [0.3, 0.4) is 0 Å². The van der Waals surface area contributed by atoms with Crippen molar-refractivity contribution in [3.8, 4) is 0 Å². The molecule has 0 rings (SSSR count). The molecule has 0 saturated carbocycles. The Morgan fingerprint density at radius 2 is 1.89 bits per heavy atom. The maximum absolute atomic E-state index is 10.6. The summed E-state index contributed by atoms with van der Waals surface area (Å²) < 4.78 is 6.21. The Hall–Kier alpha value is -0.873. The normalized spacial score (nSPS) is 15.8. The summed E-state index contributed by atoms with van der Waals surface area (Å²) in [6.07, 6.45) is 6.33. The zero-order valence-electron chi connectivity index (χ0n) is 13.3. The topological polar surface area (TPSA) is 46.5 Å². The third kappa shape index (κ3) is 6.73. The van der Waals surface area contributed by atoms with E-state index in [2.05, 4.69) is 40.8 Å². The second-order valence-corrected chi connectivity index (χ2v) is 11.3. The van der Waals surface area contributed by atoms with Crippen LogP contribution >= 0.6 is 0 Å². The van der Waals surface area contributed by atoms with Crippen molar-refractivity contribution in [2.75, 3.05) is 0 Å². The zero-order valence-corrected chi connectivity index (χ0v) is 14.3. The molecule has 0 aliphatic heterocycles. The molecule has 19 heavy (non-hydrogen) atoms. The third-order valence-corrected chi connectivity index (χ3v) is 8.19. The van der Waals surface area contributed by atoms with Crippen LogP contribution in [0.4, 0.5) is 0 Å². The molecule has 0 amide bonds. The number of carboxylic acids is 1. The van der Waals surface area contributed by atoms with Gasteiger partial charge < -0.3 is 9.53 Å². The van der Waals surface area contributed by atoms with Crippen molar-refractivity contribution in [2.45, 2.75) is 65.3 Å². The summed E-state index contributed by atoms with van der Waals surface area (Å²) in [6, 6.07) is 0. The van der Waals surface area contributed by atoms with Crippen molar-refractivity contribution in [1.29, 1.82) is 0 Å². The van der Waals surface area contributed by atoms with E-state index in [-0.39, 0.29) is 11.1 Å². The highest BCUT2D eigenvalue weighted by molar-refractivity contribution is 6.74. The lowest BCUT2D eigenvalue weighted by atomic mass is 10.2. The van der Waals surface area contributed by atoms with Gasteiger partial charge in [-0.3, -0.25) is 0 Å². The van der Waals surface area contributed by atoms with Crippen LogP contribution in [-0.2, 0) is 9.22 Å². The molecular weight excluding hydrogens is 256 g/mol. The molecule has 0 saturated heterocycles. The monoisotopic (exact) mass is 284 g/mol. The molecule has 1 atom stereocenters. The summed E-state index contributed by atoms with van der Waals surface area (Å²) in [5.41, 5.74) is 0.342. The summed E-state index contributed by atoms with van der Waals surface area (Å²) >= 11 is 0. The van der Waals surface area contributed by atoms with Crippen molar-refractivity contribution in [1.82, 2.24) is 0 Å². The van der Waals surface area contributed by atoms with E-state index in [4.69, 9.17) is 9.53 Å². The molecule has 0 aromatic heterocycles. The maximum Gasteiger partial charge on any atom is 0.331 e. The Bertz CT molecular complexity index is 362. The minimum absolute atomic E-state index is 0.163. The molecule has 0 aliphatic rings. The summed E-state index contributed by atoms with van der Waals surface area (Å²) in [6.45, 7) is 14.8. The Morgan fingerprint density at radius 3 is 2.32 bits per heavy atom. The average molecular weight is 284 g/mol. The first-order valence-electron chi connectivity index (χ1n) is 6.72. The molecule has 0 bridgehead atoms. The van der Waals surface area contributed by atoms with Crippen molar-refractivity contribution in [3.63, 3.8) is 0 Å². The molecule has 0 heterocycles. The van der Waals surface area contributed by atoms with Crippen molar-refractivity contribution < 1.29 is 14.3 Å². The molecule has 0 spiro atoms. The fraction of sp³-hybridized carbons (Fsp3) is 0.667. The van der Waals surface area contributed by atoms with Crippen molar-refractivity contribution >= 4 is 14.3 Å².